The Labute approximate surface area is 72.0 Å². The molecule has 0 aromatic carbocycles. The molecule has 1 N–H and O–H groups in total. The van der Waals surface area contributed by atoms with Crippen LogP contribution >= 0.6 is 0 Å². The van der Waals surface area contributed by atoms with Crippen molar-refractivity contribution in [2.24, 2.45) is 5.92 Å². The van der Waals surface area contributed by atoms with E-state index >= 15 is 0 Å². The van der Waals surface area contributed by atoms with Crippen LogP contribution in [0.15, 0.2) is 0 Å². The van der Waals surface area contributed by atoms with Crippen LogP contribution in [0.3, 0.4) is 0 Å². The second-order valence-corrected chi connectivity index (χ2v) is 3.52. The monoisotopic (exact) mass is 167 g/mol. The van der Waals surface area contributed by atoms with Crippen molar-refractivity contribution in [2.45, 2.75) is 38.2 Å². The smallest absolute Gasteiger partial charge is 0.157 e. The third kappa shape index (κ3) is 1.64. The van der Waals surface area contributed by atoms with Gasteiger partial charge in [-0.2, -0.15) is 5.26 Å². The molecule has 1 aliphatic rings. The molecule has 3 heteroatoms. The largest absolute Gasteiger partial charge is 0.375 e. The van der Waals surface area contributed by atoms with Gasteiger partial charge in [-0.1, -0.05) is 6.42 Å². The summed E-state index contributed by atoms with van der Waals surface area (Å²) in [4.78, 5) is 11.3. The molecule has 0 saturated heterocycles. The highest BCUT2D eigenvalue weighted by Crippen LogP contribution is 2.29. The van der Waals surface area contributed by atoms with E-state index < -0.39 is 11.5 Å². The Morgan fingerprint density at radius 3 is 2.83 bits per heavy atom. The third-order valence-corrected chi connectivity index (χ3v) is 2.46. The normalized spacial score (nSPS) is 29.1. The topological polar surface area (TPSA) is 61.1 Å². The van der Waals surface area contributed by atoms with Gasteiger partial charge in [-0.3, -0.25) is 4.79 Å². The van der Waals surface area contributed by atoms with E-state index in [4.69, 9.17) is 5.26 Å². The van der Waals surface area contributed by atoms with E-state index in [9.17, 15) is 9.90 Å². The van der Waals surface area contributed by atoms with Gasteiger partial charge in [-0.25, -0.2) is 0 Å². The fraction of sp³-hybridized carbons (Fsp3) is 0.778. The van der Waals surface area contributed by atoms with Crippen LogP contribution in [0, 0.1) is 17.2 Å². The molecule has 0 spiro atoms. The van der Waals surface area contributed by atoms with Crippen molar-refractivity contribution in [1.82, 2.24) is 0 Å². The van der Waals surface area contributed by atoms with Crippen LogP contribution in [-0.2, 0) is 4.79 Å². The number of Topliss-reactive ketones (excluding diaryl/α,β-unsaturated/α-hetero) is 1. The molecule has 0 heterocycles. The van der Waals surface area contributed by atoms with E-state index in [-0.39, 0.29) is 5.78 Å². The Balaban J connectivity index is 2.73. The van der Waals surface area contributed by atoms with Crippen molar-refractivity contribution < 1.29 is 9.90 Å². The van der Waals surface area contributed by atoms with Crippen molar-refractivity contribution in [2.75, 3.05) is 0 Å². The first-order chi connectivity index (χ1) is 5.58. The van der Waals surface area contributed by atoms with Gasteiger partial charge in [-0.05, 0) is 19.8 Å². The standard InChI is InChI=1S/C9H13NO2/c1-9(12,6-10)7-4-2-3-5-8(7)11/h7,12H,2-5H2,1H3. The van der Waals surface area contributed by atoms with Crippen LogP contribution in [0.4, 0.5) is 0 Å². The molecule has 0 amide bonds. The molecule has 1 rings (SSSR count). The van der Waals surface area contributed by atoms with E-state index in [0.717, 1.165) is 12.8 Å². The summed E-state index contributed by atoms with van der Waals surface area (Å²) in [5, 5.41) is 18.1. The average molecular weight is 167 g/mol. The molecule has 0 radical (unpaired) electrons. The second-order valence-electron chi connectivity index (χ2n) is 3.52. The number of ketones is 1. The second kappa shape index (κ2) is 3.24. The number of hydrogen-bond acceptors (Lipinski definition) is 3. The molecule has 1 saturated carbocycles. The third-order valence-electron chi connectivity index (χ3n) is 2.46. The molecule has 3 nitrogen and oxygen atoms in total. The van der Waals surface area contributed by atoms with Crippen LogP contribution in [0.25, 0.3) is 0 Å². The molecular formula is C9H13NO2. The summed E-state index contributed by atoms with van der Waals surface area (Å²) < 4.78 is 0. The van der Waals surface area contributed by atoms with Crippen molar-refractivity contribution in [3.05, 3.63) is 0 Å². The first-order valence-corrected chi connectivity index (χ1v) is 4.24. The summed E-state index contributed by atoms with van der Waals surface area (Å²) in [5.74, 6) is -0.427. The van der Waals surface area contributed by atoms with Gasteiger partial charge in [0.25, 0.3) is 0 Å². The predicted octanol–water partition coefficient (Wildman–Crippen LogP) is 1.02. The van der Waals surface area contributed by atoms with Gasteiger partial charge in [-0.15, -0.1) is 0 Å². The number of carbonyl (C=O) groups excluding carboxylic acids is 1. The molecule has 0 aliphatic heterocycles. The number of rotatable bonds is 1. The van der Waals surface area contributed by atoms with E-state index in [1.807, 2.05) is 0 Å². The SMILES string of the molecule is CC(O)(C#N)C1CCCCC1=O. The Morgan fingerprint density at radius 1 is 1.67 bits per heavy atom. The average Bonchev–Trinajstić information content (AvgIpc) is 2.05. The van der Waals surface area contributed by atoms with Crippen molar-refractivity contribution in [3.8, 4) is 6.07 Å². The molecule has 2 unspecified atom stereocenters. The highest BCUT2D eigenvalue weighted by molar-refractivity contribution is 5.83. The summed E-state index contributed by atoms with van der Waals surface area (Å²) in [5.41, 5.74) is -1.46. The van der Waals surface area contributed by atoms with E-state index in [1.54, 1.807) is 6.07 Å². The fourth-order valence-corrected chi connectivity index (χ4v) is 1.66. The molecule has 2 atom stereocenters. The minimum absolute atomic E-state index is 0.0350. The van der Waals surface area contributed by atoms with Crippen LogP contribution in [0.5, 0.6) is 0 Å². The maximum atomic E-state index is 11.3. The lowest BCUT2D eigenvalue weighted by Gasteiger charge is -2.28. The van der Waals surface area contributed by atoms with Crippen molar-refractivity contribution >= 4 is 5.78 Å². The Kier molecular flexibility index (Phi) is 2.49. The fourth-order valence-electron chi connectivity index (χ4n) is 1.66. The molecule has 0 aromatic heterocycles. The lowest BCUT2D eigenvalue weighted by Crippen LogP contribution is -2.39. The van der Waals surface area contributed by atoms with Gasteiger partial charge in [0.1, 0.15) is 5.78 Å². The number of nitrogens with zero attached hydrogens (tertiary/aromatic N) is 1. The maximum absolute atomic E-state index is 11.3. The van der Waals surface area contributed by atoms with Crippen LogP contribution < -0.4 is 0 Å². The van der Waals surface area contributed by atoms with E-state index in [1.165, 1.54) is 6.92 Å². The number of nitriles is 1. The minimum Gasteiger partial charge on any atom is -0.375 e. The minimum atomic E-state index is -1.46. The quantitative estimate of drug-likeness (QED) is 0.593. The molecule has 1 fully saturated rings. The molecule has 0 aromatic rings. The molecule has 0 bridgehead atoms. The number of hydrogen-bond donors (Lipinski definition) is 1. The van der Waals surface area contributed by atoms with Crippen LogP contribution in [-0.4, -0.2) is 16.5 Å². The Bertz CT molecular complexity index is 227. The summed E-state index contributed by atoms with van der Waals surface area (Å²) in [7, 11) is 0. The zero-order valence-electron chi connectivity index (χ0n) is 7.21. The summed E-state index contributed by atoms with van der Waals surface area (Å²) in [6.07, 6.45) is 3.01. The van der Waals surface area contributed by atoms with Gasteiger partial charge in [0.05, 0.1) is 12.0 Å². The van der Waals surface area contributed by atoms with Crippen molar-refractivity contribution in [1.29, 1.82) is 5.26 Å². The zero-order valence-corrected chi connectivity index (χ0v) is 7.21. The van der Waals surface area contributed by atoms with E-state index in [0.29, 0.717) is 12.8 Å². The maximum Gasteiger partial charge on any atom is 0.157 e. The number of aliphatic hydroxyl groups is 1. The highest BCUT2D eigenvalue weighted by Gasteiger charge is 2.38. The zero-order chi connectivity index (χ0) is 9.19. The van der Waals surface area contributed by atoms with Crippen LogP contribution in [0.1, 0.15) is 32.6 Å². The molecule has 12 heavy (non-hydrogen) atoms. The first-order valence-electron chi connectivity index (χ1n) is 4.24. The van der Waals surface area contributed by atoms with Gasteiger partial charge in [0, 0.05) is 6.42 Å². The summed E-state index contributed by atoms with van der Waals surface area (Å²) in [6.45, 7) is 1.42. The molecule has 66 valence electrons. The first kappa shape index (κ1) is 9.21. The summed E-state index contributed by atoms with van der Waals surface area (Å²) in [6, 6.07) is 1.78. The van der Waals surface area contributed by atoms with Gasteiger partial charge < -0.3 is 5.11 Å². The van der Waals surface area contributed by atoms with Gasteiger partial charge >= 0.3 is 0 Å². The molecule has 1 aliphatic carbocycles. The Morgan fingerprint density at radius 2 is 2.33 bits per heavy atom. The summed E-state index contributed by atoms with van der Waals surface area (Å²) >= 11 is 0. The van der Waals surface area contributed by atoms with Gasteiger partial charge in [0.15, 0.2) is 5.60 Å². The highest BCUT2D eigenvalue weighted by atomic mass is 16.3. The predicted molar refractivity (Wildman–Crippen MR) is 43.2 cm³/mol. The van der Waals surface area contributed by atoms with E-state index in [2.05, 4.69) is 0 Å². The van der Waals surface area contributed by atoms with Crippen LogP contribution in [0.2, 0.25) is 0 Å². The number of carbonyl (C=O) groups is 1. The lowest BCUT2D eigenvalue weighted by molar-refractivity contribution is -0.130. The lowest BCUT2D eigenvalue weighted by atomic mass is 9.78. The van der Waals surface area contributed by atoms with Crippen molar-refractivity contribution in [3.63, 3.8) is 0 Å². The Hall–Kier alpha value is -0.880. The molecular weight excluding hydrogens is 154 g/mol. The van der Waals surface area contributed by atoms with Gasteiger partial charge in [0.2, 0.25) is 0 Å².